The number of alkyl carbamates (subject to hydrolysis) is 1. The number of piperidine rings is 3. The lowest BCUT2D eigenvalue weighted by atomic mass is 9.85. The molecule has 170 valence electrons. The Morgan fingerprint density at radius 3 is 2.50 bits per heavy atom. The molecule has 0 aromatic heterocycles. The van der Waals surface area contributed by atoms with Gasteiger partial charge in [0.1, 0.15) is 6.10 Å². The maximum atomic E-state index is 12.7. The average molecular weight is 433 g/mol. The molecular formula is C28H36N2O2. The Morgan fingerprint density at radius 1 is 1.06 bits per heavy atom. The van der Waals surface area contributed by atoms with Gasteiger partial charge in [0.15, 0.2) is 0 Å². The van der Waals surface area contributed by atoms with E-state index in [1.807, 2.05) is 0 Å². The summed E-state index contributed by atoms with van der Waals surface area (Å²) in [5, 5.41) is 3.19. The van der Waals surface area contributed by atoms with Crippen molar-refractivity contribution < 1.29 is 9.53 Å². The Hall–Kier alpha value is -2.33. The molecule has 4 heteroatoms. The molecule has 4 aliphatic rings. The minimum atomic E-state index is -0.244. The third-order valence-corrected chi connectivity index (χ3v) is 7.54. The van der Waals surface area contributed by atoms with Crippen LogP contribution in [0.4, 0.5) is 4.79 Å². The van der Waals surface area contributed by atoms with Crippen molar-refractivity contribution in [2.75, 3.05) is 19.6 Å². The first-order valence-electron chi connectivity index (χ1n) is 12.5. The lowest BCUT2D eigenvalue weighted by Gasteiger charge is -2.44. The van der Waals surface area contributed by atoms with Crippen molar-refractivity contribution in [2.45, 2.75) is 64.5 Å². The van der Waals surface area contributed by atoms with E-state index in [4.69, 9.17) is 4.74 Å². The van der Waals surface area contributed by atoms with E-state index in [1.165, 1.54) is 27.8 Å². The van der Waals surface area contributed by atoms with E-state index >= 15 is 0 Å². The number of aryl methyl sites for hydroxylation is 1. The van der Waals surface area contributed by atoms with Crippen molar-refractivity contribution >= 4 is 6.09 Å². The number of carbonyl (C=O) groups excluding carboxylic acids is 1. The molecule has 3 aliphatic heterocycles. The molecule has 3 saturated heterocycles. The maximum absolute atomic E-state index is 12.7. The van der Waals surface area contributed by atoms with Gasteiger partial charge in [0.05, 0.1) is 6.04 Å². The molecule has 0 radical (unpaired) electrons. The number of carbonyl (C=O) groups is 1. The fourth-order valence-electron chi connectivity index (χ4n) is 5.81. The standard InChI is InChI=1S/C28H36N2O2/c1-19(2)16-20-6-8-21(9-7-20)23-10-11-25-24(17-23)4-3-5-26(25)29-28(31)32-27-18-30-14-12-22(27)13-15-30/h6-11,17,19,22,26-27H,3-5,12-16,18H2,1-2H3,(H,29,31)/t26?,27-/m1/s1. The fraction of sp³-hybridized carbons (Fsp3) is 0.536. The lowest BCUT2D eigenvalue weighted by Crippen LogP contribution is -2.52. The van der Waals surface area contributed by atoms with Gasteiger partial charge in [-0.05, 0) is 91.3 Å². The van der Waals surface area contributed by atoms with Crippen molar-refractivity contribution in [1.82, 2.24) is 10.2 Å². The van der Waals surface area contributed by atoms with E-state index in [0.29, 0.717) is 11.8 Å². The molecule has 0 saturated carbocycles. The van der Waals surface area contributed by atoms with Crippen LogP contribution in [0.25, 0.3) is 11.1 Å². The van der Waals surface area contributed by atoms with Gasteiger partial charge < -0.3 is 10.1 Å². The lowest BCUT2D eigenvalue weighted by molar-refractivity contribution is -0.0340. The van der Waals surface area contributed by atoms with Crippen LogP contribution in [-0.2, 0) is 17.6 Å². The third kappa shape index (κ3) is 4.71. The summed E-state index contributed by atoms with van der Waals surface area (Å²) in [5.74, 6) is 1.21. The van der Waals surface area contributed by atoms with Crippen molar-refractivity contribution in [3.05, 3.63) is 59.2 Å². The second-order valence-electron chi connectivity index (χ2n) is 10.4. The summed E-state index contributed by atoms with van der Waals surface area (Å²) < 4.78 is 5.88. The Morgan fingerprint density at radius 2 is 1.81 bits per heavy atom. The molecule has 1 amide bonds. The number of benzene rings is 2. The topological polar surface area (TPSA) is 41.6 Å². The molecule has 1 N–H and O–H groups in total. The van der Waals surface area contributed by atoms with Gasteiger partial charge in [-0.25, -0.2) is 4.79 Å². The monoisotopic (exact) mass is 432 g/mol. The van der Waals surface area contributed by atoms with Crippen LogP contribution in [0.3, 0.4) is 0 Å². The highest BCUT2D eigenvalue weighted by atomic mass is 16.6. The molecule has 2 atom stereocenters. The predicted molar refractivity (Wildman–Crippen MR) is 129 cm³/mol. The highest BCUT2D eigenvalue weighted by Crippen LogP contribution is 2.34. The van der Waals surface area contributed by atoms with E-state index in [-0.39, 0.29) is 18.2 Å². The number of nitrogens with zero attached hydrogens (tertiary/aromatic N) is 1. The first-order chi connectivity index (χ1) is 15.5. The summed E-state index contributed by atoms with van der Waals surface area (Å²) in [6.45, 7) is 7.73. The SMILES string of the molecule is CC(C)Cc1ccc(-c2ccc3c(c2)CCCC3NC(=O)O[C@@H]2CN3CCC2CC3)cc1. The Kier molecular flexibility index (Phi) is 6.23. The number of ether oxygens (including phenoxy) is 1. The molecule has 2 aromatic carbocycles. The van der Waals surface area contributed by atoms with Gasteiger partial charge in [0.25, 0.3) is 0 Å². The first kappa shape index (κ1) is 21.5. The van der Waals surface area contributed by atoms with Gasteiger partial charge in [-0.1, -0.05) is 56.3 Å². The van der Waals surface area contributed by atoms with Gasteiger partial charge in [-0.3, -0.25) is 4.90 Å². The summed E-state index contributed by atoms with van der Waals surface area (Å²) in [6, 6.07) is 15.8. The zero-order valence-electron chi connectivity index (χ0n) is 19.5. The van der Waals surface area contributed by atoms with Gasteiger partial charge >= 0.3 is 6.09 Å². The summed E-state index contributed by atoms with van der Waals surface area (Å²) in [5.41, 5.74) is 6.52. The summed E-state index contributed by atoms with van der Waals surface area (Å²) in [7, 11) is 0. The normalized spacial score (nSPS) is 26.6. The molecule has 4 nitrogen and oxygen atoms in total. The third-order valence-electron chi connectivity index (χ3n) is 7.54. The molecule has 2 aromatic rings. The maximum Gasteiger partial charge on any atom is 0.407 e. The molecule has 1 unspecified atom stereocenters. The zero-order valence-corrected chi connectivity index (χ0v) is 19.5. The van der Waals surface area contributed by atoms with E-state index in [0.717, 1.165) is 58.2 Å². The van der Waals surface area contributed by atoms with Crippen LogP contribution < -0.4 is 5.32 Å². The van der Waals surface area contributed by atoms with Crippen LogP contribution in [0.5, 0.6) is 0 Å². The van der Waals surface area contributed by atoms with Crippen molar-refractivity contribution in [3.63, 3.8) is 0 Å². The zero-order chi connectivity index (χ0) is 22.1. The van der Waals surface area contributed by atoms with E-state index in [9.17, 15) is 4.79 Å². The van der Waals surface area contributed by atoms with Crippen LogP contribution in [0.15, 0.2) is 42.5 Å². The van der Waals surface area contributed by atoms with E-state index < -0.39 is 0 Å². The van der Waals surface area contributed by atoms with Crippen LogP contribution in [0, 0.1) is 11.8 Å². The van der Waals surface area contributed by atoms with E-state index in [1.54, 1.807) is 0 Å². The van der Waals surface area contributed by atoms with Crippen LogP contribution in [0.1, 0.15) is 62.3 Å². The summed E-state index contributed by atoms with van der Waals surface area (Å²) >= 11 is 0. The summed E-state index contributed by atoms with van der Waals surface area (Å²) in [4.78, 5) is 15.1. The smallest absolute Gasteiger partial charge is 0.407 e. The quantitative estimate of drug-likeness (QED) is 0.654. The Bertz CT molecular complexity index is 944. The highest BCUT2D eigenvalue weighted by molar-refractivity contribution is 5.69. The number of rotatable bonds is 5. The van der Waals surface area contributed by atoms with Gasteiger partial charge in [-0.2, -0.15) is 0 Å². The van der Waals surface area contributed by atoms with Gasteiger partial charge in [-0.15, -0.1) is 0 Å². The second kappa shape index (κ2) is 9.27. The molecule has 3 fully saturated rings. The number of fused-ring (bicyclic) bond motifs is 4. The fourth-order valence-corrected chi connectivity index (χ4v) is 5.81. The molecular weight excluding hydrogens is 396 g/mol. The molecule has 2 bridgehead atoms. The molecule has 32 heavy (non-hydrogen) atoms. The number of hydrogen-bond acceptors (Lipinski definition) is 3. The molecule has 6 rings (SSSR count). The Labute approximate surface area is 192 Å². The first-order valence-corrected chi connectivity index (χ1v) is 12.5. The van der Waals surface area contributed by atoms with Crippen molar-refractivity contribution in [3.8, 4) is 11.1 Å². The number of nitrogens with one attached hydrogen (secondary N) is 1. The number of hydrogen-bond donors (Lipinski definition) is 1. The highest BCUT2D eigenvalue weighted by Gasteiger charge is 2.37. The number of amides is 1. The van der Waals surface area contributed by atoms with Crippen LogP contribution >= 0.6 is 0 Å². The predicted octanol–water partition coefficient (Wildman–Crippen LogP) is 5.75. The molecule has 3 heterocycles. The second-order valence-corrected chi connectivity index (χ2v) is 10.4. The molecule has 1 aliphatic carbocycles. The average Bonchev–Trinajstić information content (AvgIpc) is 2.80. The van der Waals surface area contributed by atoms with Gasteiger partial charge in [0.2, 0.25) is 0 Å². The summed E-state index contributed by atoms with van der Waals surface area (Å²) in [6.07, 6.45) is 6.39. The largest absolute Gasteiger partial charge is 0.445 e. The van der Waals surface area contributed by atoms with Crippen LogP contribution in [-0.4, -0.2) is 36.7 Å². The van der Waals surface area contributed by atoms with Crippen molar-refractivity contribution in [1.29, 1.82) is 0 Å². The van der Waals surface area contributed by atoms with Gasteiger partial charge in [0, 0.05) is 6.54 Å². The van der Waals surface area contributed by atoms with E-state index in [2.05, 4.69) is 66.5 Å². The van der Waals surface area contributed by atoms with Crippen molar-refractivity contribution in [2.24, 2.45) is 11.8 Å². The molecule has 0 spiro atoms. The minimum absolute atomic E-state index is 0.0507. The van der Waals surface area contributed by atoms with Crippen LogP contribution in [0.2, 0.25) is 0 Å². The minimum Gasteiger partial charge on any atom is -0.445 e. The Balaban J connectivity index is 1.25.